The highest BCUT2D eigenvalue weighted by molar-refractivity contribution is 7.92. The van der Waals surface area contributed by atoms with Crippen molar-refractivity contribution in [2.45, 2.75) is 24.0 Å². The molecule has 0 bridgehead atoms. The van der Waals surface area contributed by atoms with Gasteiger partial charge in [0.1, 0.15) is 5.52 Å². The number of methoxy groups -OCH3 is 1. The molecular weight excluding hydrogens is 373 g/mol. The molecule has 0 aliphatic heterocycles. The summed E-state index contributed by atoms with van der Waals surface area (Å²) in [6.07, 6.45) is 0. The number of nitrogen functional groups attached to an aromatic ring is 1. The monoisotopic (exact) mass is 391 g/mol. The average Bonchev–Trinajstić information content (AvgIpc) is 2.99. The van der Waals surface area contributed by atoms with Crippen molar-refractivity contribution in [3.05, 3.63) is 47.3 Å². The van der Waals surface area contributed by atoms with E-state index in [0.29, 0.717) is 5.52 Å². The summed E-state index contributed by atoms with van der Waals surface area (Å²) in [5.41, 5.74) is 6.28. The Kier molecular flexibility index (Phi) is 4.64. The number of rotatable bonds is 5. The number of nitrogens with zero attached hydrogens (tertiary/aromatic N) is 1. The van der Waals surface area contributed by atoms with Crippen molar-refractivity contribution >= 4 is 32.6 Å². The highest BCUT2D eigenvalue weighted by Gasteiger charge is 2.26. The largest absolute Gasteiger partial charge is 0.494 e. The Balaban J connectivity index is 2.20. The van der Waals surface area contributed by atoms with Gasteiger partial charge in [0, 0.05) is 11.1 Å². The van der Waals surface area contributed by atoms with Crippen LogP contribution in [0.15, 0.2) is 35.2 Å². The molecule has 0 saturated heterocycles. The highest BCUT2D eigenvalue weighted by atomic mass is 32.2. The molecule has 0 radical (unpaired) electrons. The van der Waals surface area contributed by atoms with Gasteiger partial charge in [-0.3, -0.25) is 4.79 Å². The molecule has 9 heteroatoms. The average molecular weight is 391 g/mol. The van der Waals surface area contributed by atoms with Crippen molar-refractivity contribution in [3.63, 3.8) is 0 Å². The van der Waals surface area contributed by atoms with Gasteiger partial charge in [-0.25, -0.2) is 17.8 Å². The molecule has 1 aromatic heterocycles. The number of H-pyrrole nitrogens is 1. The molecule has 0 fully saturated rings. The first-order valence-electron chi connectivity index (χ1n) is 8.06. The first-order chi connectivity index (χ1) is 12.6. The van der Waals surface area contributed by atoms with Gasteiger partial charge in [0.05, 0.1) is 22.8 Å². The molecule has 0 aliphatic rings. The summed E-state index contributed by atoms with van der Waals surface area (Å²) in [6.45, 7) is 3.06. The molecule has 0 aliphatic carbocycles. The number of sulfone groups is 1. The van der Waals surface area contributed by atoms with Gasteiger partial charge in [-0.15, -0.1) is 0 Å². The molecule has 142 valence electrons. The Morgan fingerprint density at radius 1 is 1.22 bits per heavy atom. The minimum Gasteiger partial charge on any atom is -0.494 e. The fourth-order valence-corrected chi connectivity index (χ4v) is 3.91. The van der Waals surface area contributed by atoms with Gasteiger partial charge in [0.15, 0.2) is 33.1 Å². The number of benzene rings is 2. The smallest absolute Gasteiger partial charge is 0.198 e. The van der Waals surface area contributed by atoms with E-state index in [1.54, 1.807) is 0 Å². The Labute approximate surface area is 155 Å². The number of anilines is 1. The second kappa shape index (κ2) is 6.66. The predicted molar refractivity (Wildman–Crippen MR) is 99.2 cm³/mol. The molecule has 1 heterocycles. The van der Waals surface area contributed by atoms with Crippen molar-refractivity contribution in [1.82, 2.24) is 9.97 Å². The second-order valence-electron chi connectivity index (χ2n) is 6.26. The van der Waals surface area contributed by atoms with Gasteiger partial charge in [-0.05, 0) is 44.2 Å². The van der Waals surface area contributed by atoms with Gasteiger partial charge in [-0.1, -0.05) is 0 Å². The van der Waals surface area contributed by atoms with Crippen LogP contribution in [0, 0.1) is 5.82 Å². The van der Waals surface area contributed by atoms with E-state index in [-0.39, 0.29) is 33.2 Å². The standard InChI is InChI=1S/C18H18FN3O4S/c1-9(2)27(24,25)15-8-11(7-13-16(15)22-18(20)21-13)17(23)10-4-5-14(26-3)12(19)6-10/h4-9H,1-3H3,(H3,20,21,22). The number of halogens is 1. The fourth-order valence-electron chi connectivity index (χ4n) is 2.68. The first kappa shape index (κ1) is 18.8. The number of aromatic nitrogens is 2. The molecule has 7 nitrogen and oxygen atoms in total. The van der Waals surface area contributed by atoms with E-state index in [4.69, 9.17) is 10.5 Å². The number of carbonyl (C=O) groups is 1. The number of nitrogens with one attached hydrogen (secondary N) is 1. The van der Waals surface area contributed by atoms with Crippen molar-refractivity contribution in [3.8, 4) is 5.75 Å². The van der Waals surface area contributed by atoms with Crippen LogP contribution in [-0.2, 0) is 9.84 Å². The number of aromatic amines is 1. The lowest BCUT2D eigenvalue weighted by Gasteiger charge is -2.11. The number of fused-ring (bicyclic) bond motifs is 1. The number of hydrogen-bond donors (Lipinski definition) is 2. The summed E-state index contributed by atoms with van der Waals surface area (Å²) in [5, 5.41) is -0.720. The number of ether oxygens (including phenoxy) is 1. The Morgan fingerprint density at radius 2 is 1.93 bits per heavy atom. The molecule has 0 unspecified atom stereocenters. The number of nitrogens with two attached hydrogens (primary N) is 1. The minimum absolute atomic E-state index is 0.00594. The highest BCUT2D eigenvalue weighted by Crippen LogP contribution is 2.29. The number of hydrogen-bond acceptors (Lipinski definition) is 6. The quantitative estimate of drug-likeness (QED) is 0.646. The van der Waals surface area contributed by atoms with Gasteiger partial charge in [-0.2, -0.15) is 0 Å². The van der Waals surface area contributed by atoms with Crippen LogP contribution in [0.3, 0.4) is 0 Å². The molecule has 0 saturated carbocycles. The minimum atomic E-state index is -3.73. The Bertz CT molecular complexity index is 1150. The zero-order chi connectivity index (χ0) is 19.9. The lowest BCUT2D eigenvalue weighted by atomic mass is 10.0. The summed E-state index contributed by atoms with van der Waals surface area (Å²) in [7, 11) is -2.41. The van der Waals surface area contributed by atoms with Crippen LogP contribution in [0.5, 0.6) is 5.75 Å². The van der Waals surface area contributed by atoms with E-state index in [1.807, 2.05) is 0 Å². The molecule has 3 N–H and O–H groups in total. The van der Waals surface area contributed by atoms with Gasteiger partial charge in [0.2, 0.25) is 0 Å². The summed E-state index contributed by atoms with van der Waals surface area (Å²) in [5.74, 6) is -1.19. The fraction of sp³-hybridized carbons (Fsp3) is 0.222. The normalized spacial score (nSPS) is 11.9. The molecule has 0 spiro atoms. The number of carbonyl (C=O) groups excluding carboxylic acids is 1. The molecule has 0 atom stereocenters. The van der Waals surface area contributed by atoms with E-state index in [1.165, 1.54) is 45.2 Å². The predicted octanol–water partition coefficient (Wildman–Crippen LogP) is 2.71. The van der Waals surface area contributed by atoms with Crippen molar-refractivity contribution < 1.29 is 22.3 Å². The number of imidazole rings is 1. The van der Waals surface area contributed by atoms with E-state index in [9.17, 15) is 17.6 Å². The molecular formula is C18H18FN3O4S. The third kappa shape index (κ3) is 3.25. The van der Waals surface area contributed by atoms with E-state index in [2.05, 4.69) is 9.97 Å². The molecule has 2 aromatic carbocycles. The van der Waals surface area contributed by atoms with Crippen LogP contribution < -0.4 is 10.5 Å². The lowest BCUT2D eigenvalue weighted by Crippen LogP contribution is -2.15. The van der Waals surface area contributed by atoms with Gasteiger partial charge >= 0.3 is 0 Å². The Hall–Kier alpha value is -2.94. The molecule has 3 rings (SSSR count). The van der Waals surface area contributed by atoms with Crippen LogP contribution >= 0.6 is 0 Å². The van der Waals surface area contributed by atoms with Crippen molar-refractivity contribution in [1.29, 1.82) is 0 Å². The summed E-state index contributed by atoms with van der Waals surface area (Å²) >= 11 is 0. The maximum atomic E-state index is 14.0. The SMILES string of the molecule is COc1ccc(C(=O)c2cc(S(=O)(=O)C(C)C)c3nc(N)[nH]c3c2)cc1F. The third-order valence-electron chi connectivity index (χ3n) is 4.17. The van der Waals surface area contributed by atoms with Crippen molar-refractivity contribution in [2.75, 3.05) is 12.8 Å². The summed E-state index contributed by atoms with van der Waals surface area (Å²) in [4.78, 5) is 19.5. The Morgan fingerprint density at radius 3 is 2.52 bits per heavy atom. The van der Waals surface area contributed by atoms with E-state index in [0.717, 1.165) is 6.07 Å². The van der Waals surface area contributed by atoms with Crippen LogP contribution in [-0.4, -0.2) is 36.5 Å². The summed E-state index contributed by atoms with van der Waals surface area (Å²) < 4.78 is 44.2. The van der Waals surface area contributed by atoms with Crippen LogP contribution in [0.1, 0.15) is 29.8 Å². The van der Waals surface area contributed by atoms with E-state index >= 15 is 0 Å². The first-order valence-corrected chi connectivity index (χ1v) is 9.61. The van der Waals surface area contributed by atoms with Crippen molar-refractivity contribution in [2.24, 2.45) is 0 Å². The van der Waals surface area contributed by atoms with Crippen LogP contribution in [0.4, 0.5) is 10.3 Å². The molecule has 0 amide bonds. The molecule has 3 aromatic rings. The lowest BCUT2D eigenvalue weighted by molar-refractivity contribution is 0.103. The second-order valence-corrected chi connectivity index (χ2v) is 8.74. The zero-order valence-electron chi connectivity index (χ0n) is 14.9. The molecule has 27 heavy (non-hydrogen) atoms. The zero-order valence-corrected chi connectivity index (χ0v) is 15.7. The van der Waals surface area contributed by atoms with Crippen LogP contribution in [0.2, 0.25) is 0 Å². The summed E-state index contributed by atoms with van der Waals surface area (Å²) in [6, 6.07) is 6.49. The van der Waals surface area contributed by atoms with Gasteiger partial charge in [0.25, 0.3) is 0 Å². The maximum Gasteiger partial charge on any atom is 0.198 e. The van der Waals surface area contributed by atoms with Crippen LogP contribution in [0.25, 0.3) is 11.0 Å². The third-order valence-corrected chi connectivity index (χ3v) is 6.34. The van der Waals surface area contributed by atoms with Gasteiger partial charge < -0.3 is 15.5 Å². The maximum absolute atomic E-state index is 14.0. The van der Waals surface area contributed by atoms with E-state index < -0.39 is 26.7 Å². The number of ketones is 1. The topological polar surface area (TPSA) is 115 Å².